The molecule has 0 radical (unpaired) electrons. The highest BCUT2D eigenvalue weighted by Gasteiger charge is 2.51. The third-order valence-corrected chi connectivity index (χ3v) is 4.89. The summed E-state index contributed by atoms with van der Waals surface area (Å²) in [5, 5.41) is 2.42. The third kappa shape index (κ3) is 3.38. The van der Waals surface area contributed by atoms with Crippen molar-refractivity contribution >= 4 is 11.9 Å². The second-order valence-corrected chi connectivity index (χ2v) is 6.93. The zero-order valence-electron chi connectivity index (χ0n) is 13.2. The molecule has 1 aliphatic carbocycles. The average molecular weight is 299 g/mol. The summed E-state index contributed by atoms with van der Waals surface area (Å²) < 4.78 is 20.1. The second kappa shape index (κ2) is 6.32. The molecule has 0 aromatic carbocycles. The minimum Gasteiger partial charge on any atom is -0.459 e. The van der Waals surface area contributed by atoms with Crippen molar-refractivity contribution in [3.63, 3.8) is 0 Å². The zero-order chi connectivity index (χ0) is 15.6. The lowest BCUT2D eigenvalue weighted by atomic mass is 9.75. The molecule has 1 amide bonds. The van der Waals surface area contributed by atoms with E-state index in [1.54, 1.807) is 0 Å². The van der Waals surface area contributed by atoms with E-state index in [-0.39, 0.29) is 18.4 Å². The van der Waals surface area contributed by atoms with Crippen LogP contribution in [0.25, 0.3) is 0 Å². The number of piperidine rings is 1. The summed E-state index contributed by atoms with van der Waals surface area (Å²) >= 11 is 0. The number of carbonyl (C=O) groups excluding carboxylic acids is 2. The van der Waals surface area contributed by atoms with Crippen LogP contribution < -0.4 is 5.32 Å². The molecule has 3 unspecified atom stereocenters. The molecule has 1 aliphatic heterocycles. The Morgan fingerprint density at radius 3 is 2.76 bits per heavy atom. The Morgan fingerprint density at radius 2 is 2.14 bits per heavy atom. The number of halogens is 1. The fraction of sp³-hybridized carbons (Fsp3) is 0.875. The molecule has 120 valence electrons. The van der Waals surface area contributed by atoms with E-state index >= 15 is 0 Å². The van der Waals surface area contributed by atoms with Crippen LogP contribution in [0.3, 0.4) is 0 Å². The van der Waals surface area contributed by atoms with Crippen molar-refractivity contribution in [2.75, 3.05) is 6.54 Å². The first kappa shape index (κ1) is 16.2. The van der Waals surface area contributed by atoms with Gasteiger partial charge in [-0.1, -0.05) is 27.2 Å². The minimum atomic E-state index is -2.50. The van der Waals surface area contributed by atoms with Crippen LogP contribution in [0, 0.1) is 17.8 Å². The molecule has 1 N–H and O–H groups in total. The average Bonchev–Trinajstić information content (AvgIpc) is 2.42. The molecular weight excluding hydrogens is 273 g/mol. The minimum absolute atomic E-state index is 0.0771. The molecule has 2 rings (SSSR count). The number of nitrogens with one attached hydrogen (secondary N) is 1. The van der Waals surface area contributed by atoms with Gasteiger partial charge in [0.25, 0.3) is 11.6 Å². The number of carbonyl (C=O) groups is 2. The number of rotatable bonds is 3. The Labute approximate surface area is 125 Å². The maximum Gasteiger partial charge on any atom is 0.354 e. The summed E-state index contributed by atoms with van der Waals surface area (Å²) in [5.41, 5.74) is -2.50. The number of hydrogen-bond acceptors (Lipinski definition) is 3. The van der Waals surface area contributed by atoms with Crippen molar-refractivity contribution < 1.29 is 18.7 Å². The maximum absolute atomic E-state index is 14.7. The molecule has 4 nitrogen and oxygen atoms in total. The first-order valence-electron chi connectivity index (χ1n) is 8.03. The summed E-state index contributed by atoms with van der Waals surface area (Å²) in [6, 6.07) is 0. The van der Waals surface area contributed by atoms with Gasteiger partial charge in [-0.3, -0.25) is 4.79 Å². The van der Waals surface area contributed by atoms with Crippen LogP contribution in [0.2, 0.25) is 0 Å². The fourth-order valence-electron chi connectivity index (χ4n) is 3.46. The van der Waals surface area contributed by atoms with E-state index in [4.69, 9.17) is 4.74 Å². The lowest BCUT2D eigenvalue weighted by Crippen LogP contribution is -2.55. The Morgan fingerprint density at radius 1 is 1.43 bits per heavy atom. The van der Waals surface area contributed by atoms with Crippen molar-refractivity contribution in [2.24, 2.45) is 17.8 Å². The standard InChI is InChI=1S/C16H26FNO3/c1-10(2)12-6-5-11(3)9-13(12)21-15(20)16(17)7-4-8-18-14(16)19/h10-13H,4-9H2,1-3H3,(H,18,19)/t11?,12?,13?,16-/m0/s1. The van der Waals surface area contributed by atoms with Crippen LogP contribution in [-0.2, 0) is 14.3 Å². The van der Waals surface area contributed by atoms with E-state index in [2.05, 4.69) is 26.1 Å². The largest absolute Gasteiger partial charge is 0.459 e. The van der Waals surface area contributed by atoms with Crippen molar-refractivity contribution in [1.82, 2.24) is 5.32 Å². The summed E-state index contributed by atoms with van der Waals surface area (Å²) in [6.45, 7) is 6.74. The van der Waals surface area contributed by atoms with Crippen LogP contribution in [-0.4, -0.2) is 30.2 Å². The molecular formula is C16H26FNO3. The van der Waals surface area contributed by atoms with Crippen molar-refractivity contribution in [3.05, 3.63) is 0 Å². The number of esters is 1. The molecule has 2 fully saturated rings. The fourth-order valence-corrected chi connectivity index (χ4v) is 3.46. The molecule has 1 saturated heterocycles. The number of hydrogen-bond donors (Lipinski definition) is 1. The van der Waals surface area contributed by atoms with E-state index in [0.717, 1.165) is 19.3 Å². The van der Waals surface area contributed by atoms with Gasteiger partial charge in [-0.05, 0) is 37.0 Å². The predicted molar refractivity (Wildman–Crippen MR) is 77.3 cm³/mol. The molecule has 2 aliphatic rings. The molecule has 0 bridgehead atoms. The zero-order valence-corrected chi connectivity index (χ0v) is 13.2. The van der Waals surface area contributed by atoms with Crippen LogP contribution in [0.1, 0.15) is 52.9 Å². The number of amides is 1. The Hall–Kier alpha value is -1.13. The highest BCUT2D eigenvalue weighted by molar-refractivity contribution is 6.06. The van der Waals surface area contributed by atoms with E-state index in [9.17, 15) is 14.0 Å². The first-order valence-corrected chi connectivity index (χ1v) is 8.03. The molecule has 1 saturated carbocycles. The normalized spacial score (nSPS) is 37.2. The lowest BCUT2D eigenvalue weighted by molar-refractivity contribution is -0.175. The maximum atomic E-state index is 14.7. The van der Waals surface area contributed by atoms with Crippen LogP contribution in [0.15, 0.2) is 0 Å². The highest BCUT2D eigenvalue weighted by Crippen LogP contribution is 2.36. The van der Waals surface area contributed by atoms with Gasteiger partial charge in [-0.2, -0.15) is 0 Å². The van der Waals surface area contributed by atoms with Crippen molar-refractivity contribution in [1.29, 1.82) is 0 Å². The van der Waals surface area contributed by atoms with Crippen LogP contribution in [0.5, 0.6) is 0 Å². The van der Waals surface area contributed by atoms with Crippen LogP contribution in [0.4, 0.5) is 4.39 Å². The molecule has 0 aromatic rings. The summed E-state index contributed by atoms with van der Waals surface area (Å²) in [7, 11) is 0. The Kier molecular flexibility index (Phi) is 4.89. The molecule has 0 aromatic heterocycles. The van der Waals surface area contributed by atoms with Gasteiger partial charge < -0.3 is 10.1 Å². The third-order valence-electron chi connectivity index (χ3n) is 4.89. The van der Waals surface area contributed by atoms with Gasteiger partial charge in [0.2, 0.25) is 0 Å². The SMILES string of the molecule is CC1CCC(C(C)C)C(OC(=O)[C@]2(F)CCCNC2=O)C1. The van der Waals surface area contributed by atoms with Gasteiger partial charge in [0.05, 0.1) is 0 Å². The van der Waals surface area contributed by atoms with Crippen LogP contribution >= 0.6 is 0 Å². The molecule has 0 spiro atoms. The topological polar surface area (TPSA) is 55.4 Å². The van der Waals surface area contributed by atoms with Gasteiger partial charge in [0.1, 0.15) is 6.10 Å². The molecule has 4 atom stereocenters. The Bertz CT molecular complexity index is 412. The predicted octanol–water partition coefficient (Wildman–Crippen LogP) is 2.61. The van der Waals surface area contributed by atoms with Gasteiger partial charge in [-0.15, -0.1) is 0 Å². The van der Waals surface area contributed by atoms with Gasteiger partial charge in [-0.25, -0.2) is 9.18 Å². The smallest absolute Gasteiger partial charge is 0.354 e. The lowest BCUT2D eigenvalue weighted by Gasteiger charge is -2.38. The van der Waals surface area contributed by atoms with Gasteiger partial charge in [0, 0.05) is 13.0 Å². The number of ether oxygens (including phenoxy) is 1. The highest BCUT2D eigenvalue weighted by atomic mass is 19.1. The van der Waals surface area contributed by atoms with Gasteiger partial charge >= 0.3 is 5.97 Å². The monoisotopic (exact) mass is 299 g/mol. The van der Waals surface area contributed by atoms with E-state index in [0.29, 0.717) is 24.8 Å². The summed E-state index contributed by atoms with van der Waals surface area (Å²) in [6.07, 6.45) is 2.97. The molecule has 1 heterocycles. The summed E-state index contributed by atoms with van der Waals surface area (Å²) in [4.78, 5) is 23.9. The number of alkyl halides is 1. The quantitative estimate of drug-likeness (QED) is 0.644. The van der Waals surface area contributed by atoms with E-state index < -0.39 is 17.5 Å². The molecule has 5 heteroatoms. The van der Waals surface area contributed by atoms with E-state index in [1.807, 2.05) is 0 Å². The Balaban J connectivity index is 2.07. The van der Waals surface area contributed by atoms with Gasteiger partial charge in [0.15, 0.2) is 0 Å². The van der Waals surface area contributed by atoms with Crippen molar-refractivity contribution in [3.8, 4) is 0 Å². The second-order valence-electron chi connectivity index (χ2n) is 6.93. The summed E-state index contributed by atoms with van der Waals surface area (Å²) in [5.74, 6) is -0.742. The van der Waals surface area contributed by atoms with Crippen molar-refractivity contribution in [2.45, 2.75) is 64.6 Å². The molecule has 21 heavy (non-hydrogen) atoms. The first-order chi connectivity index (χ1) is 9.84. The van der Waals surface area contributed by atoms with E-state index in [1.165, 1.54) is 0 Å².